The number of hydrogen-bond acceptors (Lipinski definition) is 4. The van der Waals surface area contributed by atoms with E-state index in [1.165, 1.54) is 7.11 Å². The molecule has 0 bridgehead atoms. The quantitative estimate of drug-likeness (QED) is 0.376. The average molecular weight is 347 g/mol. The van der Waals surface area contributed by atoms with Gasteiger partial charge in [0.25, 0.3) is 0 Å². The van der Waals surface area contributed by atoms with Crippen molar-refractivity contribution in [3.8, 4) is 5.75 Å². The van der Waals surface area contributed by atoms with E-state index in [1.54, 1.807) is 12.1 Å². The molecule has 0 aromatic heterocycles. The Labute approximate surface area is 150 Å². The van der Waals surface area contributed by atoms with Gasteiger partial charge in [0.05, 0.1) is 19.3 Å². The summed E-state index contributed by atoms with van der Waals surface area (Å²) in [4.78, 5) is 23.3. The Morgan fingerprint density at radius 2 is 1.84 bits per heavy atom. The molecule has 138 valence electrons. The van der Waals surface area contributed by atoms with E-state index in [0.717, 1.165) is 42.6 Å². The third-order valence-corrected chi connectivity index (χ3v) is 3.83. The number of esters is 1. The fraction of sp³-hybridized carbons (Fsp3) is 0.500. The van der Waals surface area contributed by atoms with Crippen molar-refractivity contribution in [3.05, 3.63) is 41.5 Å². The maximum Gasteiger partial charge on any atom is 0.337 e. The molecular formula is C20H29NO4. The molecule has 5 heteroatoms. The van der Waals surface area contributed by atoms with Crippen LogP contribution in [-0.2, 0) is 9.53 Å². The standard InChI is InChI=1S/C20H29NO4/c1-5-6-7-8-10-18(22)21-11-9-12-25-19-15(2)13-17(14-16(19)3)20(23)24-4/h5,13-14H,1,6-12H2,2-4H3,(H,21,22). The summed E-state index contributed by atoms with van der Waals surface area (Å²) in [5.74, 6) is 0.510. The van der Waals surface area contributed by atoms with Crippen molar-refractivity contribution in [2.45, 2.75) is 46.0 Å². The molecular weight excluding hydrogens is 318 g/mol. The first kappa shape index (κ1) is 20.7. The van der Waals surface area contributed by atoms with Gasteiger partial charge in [-0.3, -0.25) is 4.79 Å². The zero-order valence-electron chi connectivity index (χ0n) is 15.5. The van der Waals surface area contributed by atoms with Crippen molar-refractivity contribution in [1.82, 2.24) is 5.32 Å². The number of hydrogen-bond donors (Lipinski definition) is 1. The molecule has 0 aliphatic heterocycles. The Balaban J connectivity index is 2.33. The van der Waals surface area contributed by atoms with Gasteiger partial charge in [-0.05, 0) is 62.8 Å². The fourth-order valence-corrected chi connectivity index (χ4v) is 2.55. The smallest absolute Gasteiger partial charge is 0.337 e. The van der Waals surface area contributed by atoms with E-state index in [2.05, 4.69) is 11.9 Å². The predicted molar refractivity (Wildman–Crippen MR) is 99.0 cm³/mol. The Hall–Kier alpha value is -2.30. The monoisotopic (exact) mass is 347 g/mol. The van der Waals surface area contributed by atoms with Gasteiger partial charge in [0.1, 0.15) is 5.75 Å². The Kier molecular flexibility index (Phi) is 9.37. The van der Waals surface area contributed by atoms with Crippen molar-refractivity contribution < 1.29 is 19.1 Å². The van der Waals surface area contributed by atoms with Crippen LogP contribution in [0.15, 0.2) is 24.8 Å². The highest BCUT2D eigenvalue weighted by molar-refractivity contribution is 5.90. The van der Waals surface area contributed by atoms with E-state index in [4.69, 9.17) is 9.47 Å². The highest BCUT2D eigenvalue weighted by atomic mass is 16.5. The van der Waals surface area contributed by atoms with Crippen molar-refractivity contribution in [2.24, 2.45) is 0 Å². The summed E-state index contributed by atoms with van der Waals surface area (Å²) in [7, 11) is 1.37. The van der Waals surface area contributed by atoms with Gasteiger partial charge in [-0.2, -0.15) is 0 Å². The molecule has 1 amide bonds. The first-order chi connectivity index (χ1) is 12.0. The number of nitrogens with one attached hydrogen (secondary N) is 1. The number of ether oxygens (including phenoxy) is 2. The van der Waals surface area contributed by atoms with Crippen LogP contribution < -0.4 is 10.1 Å². The van der Waals surface area contributed by atoms with Crippen LogP contribution in [0.1, 0.15) is 53.6 Å². The third-order valence-electron chi connectivity index (χ3n) is 3.83. The van der Waals surface area contributed by atoms with Crippen molar-refractivity contribution in [3.63, 3.8) is 0 Å². The van der Waals surface area contributed by atoms with Gasteiger partial charge < -0.3 is 14.8 Å². The number of benzene rings is 1. The largest absolute Gasteiger partial charge is 0.493 e. The number of amides is 1. The van der Waals surface area contributed by atoms with Crippen molar-refractivity contribution in [2.75, 3.05) is 20.3 Å². The SMILES string of the molecule is C=CCCCCC(=O)NCCCOc1c(C)cc(C(=O)OC)cc1C. The summed E-state index contributed by atoms with van der Waals surface area (Å²) >= 11 is 0. The number of carbonyl (C=O) groups is 2. The van der Waals surface area contributed by atoms with Crippen molar-refractivity contribution in [1.29, 1.82) is 0 Å². The molecule has 0 spiro atoms. The minimum absolute atomic E-state index is 0.0823. The van der Waals surface area contributed by atoms with E-state index in [9.17, 15) is 9.59 Å². The van der Waals surface area contributed by atoms with Crippen LogP contribution in [0.2, 0.25) is 0 Å². The first-order valence-corrected chi connectivity index (χ1v) is 8.69. The maximum absolute atomic E-state index is 11.7. The second kappa shape index (κ2) is 11.3. The van der Waals surface area contributed by atoms with Crippen LogP contribution in [0.3, 0.4) is 0 Å². The van der Waals surface area contributed by atoms with E-state index in [0.29, 0.717) is 25.1 Å². The van der Waals surface area contributed by atoms with Gasteiger partial charge in [0, 0.05) is 13.0 Å². The van der Waals surface area contributed by atoms with E-state index < -0.39 is 0 Å². The summed E-state index contributed by atoms with van der Waals surface area (Å²) in [5.41, 5.74) is 2.31. The van der Waals surface area contributed by atoms with Gasteiger partial charge in [-0.15, -0.1) is 6.58 Å². The molecule has 0 aliphatic rings. The van der Waals surface area contributed by atoms with Gasteiger partial charge in [0.2, 0.25) is 5.91 Å². The number of rotatable bonds is 11. The Bertz CT molecular complexity index is 572. The molecule has 1 N–H and O–H groups in total. The molecule has 0 radical (unpaired) electrons. The lowest BCUT2D eigenvalue weighted by molar-refractivity contribution is -0.121. The van der Waals surface area contributed by atoms with E-state index in [-0.39, 0.29) is 11.9 Å². The summed E-state index contributed by atoms with van der Waals surface area (Å²) in [6.07, 6.45) is 6.00. The van der Waals surface area contributed by atoms with Gasteiger partial charge in [0.15, 0.2) is 0 Å². The van der Waals surface area contributed by atoms with Crippen LogP contribution >= 0.6 is 0 Å². The van der Waals surface area contributed by atoms with Gasteiger partial charge >= 0.3 is 5.97 Å². The zero-order valence-corrected chi connectivity index (χ0v) is 15.5. The highest BCUT2D eigenvalue weighted by Crippen LogP contribution is 2.25. The molecule has 5 nitrogen and oxygen atoms in total. The lowest BCUT2D eigenvalue weighted by Gasteiger charge is -2.13. The predicted octanol–water partition coefficient (Wildman–Crippen LogP) is 3.72. The Morgan fingerprint density at radius 1 is 1.16 bits per heavy atom. The second-order valence-electron chi connectivity index (χ2n) is 6.02. The number of methoxy groups -OCH3 is 1. The van der Waals surface area contributed by atoms with Crippen molar-refractivity contribution >= 4 is 11.9 Å². The summed E-state index contributed by atoms with van der Waals surface area (Å²) in [5, 5.41) is 2.90. The van der Waals surface area contributed by atoms with Crippen LogP contribution in [0.4, 0.5) is 0 Å². The minimum Gasteiger partial charge on any atom is -0.493 e. The summed E-state index contributed by atoms with van der Waals surface area (Å²) in [6, 6.07) is 3.53. The molecule has 0 heterocycles. The van der Waals surface area contributed by atoms with Crippen LogP contribution in [-0.4, -0.2) is 32.1 Å². The zero-order chi connectivity index (χ0) is 18.7. The van der Waals surface area contributed by atoms with Gasteiger partial charge in [-0.1, -0.05) is 6.08 Å². The Morgan fingerprint density at radius 3 is 2.44 bits per heavy atom. The summed E-state index contributed by atoms with van der Waals surface area (Å²) in [6.45, 7) is 8.58. The lowest BCUT2D eigenvalue weighted by Crippen LogP contribution is -2.25. The molecule has 0 aliphatic carbocycles. The van der Waals surface area contributed by atoms with Crippen LogP contribution in [0, 0.1) is 13.8 Å². The molecule has 0 atom stereocenters. The van der Waals surface area contributed by atoms with Crippen LogP contribution in [0.25, 0.3) is 0 Å². The lowest BCUT2D eigenvalue weighted by atomic mass is 10.1. The van der Waals surface area contributed by atoms with Crippen LogP contribution in [0.5, 0.6) is 5.75 Å². The number of aryl methyl sites for hydroxylation is 2. The summed E-state index contributed by atoms with van der Waals surface area (Å²) < 4.78 is 10.6. The number of unbranched alkanes of at least 4 members (excludes halogenated alkanes) is 2. The first-order valence-electron chi connectivity index (χ1n) is 8.69. The highest BCUT2D eigenvalue weighted by Gasteiger charge is 2.11. The third kappa shape index (κ3) is 7.42. The molecule has 25 heavy (non-hydrogen) atoms. The number of carbonyl (C=O) groups excluding carboxylic acids is 2. The average Bonchev–Trinajstić information content (AvgIpc) is 2.59. The maximum atomic E-state index is 11.7. The van der Waals surface area contributed by atoms with Gasteiger partial charge in [-0.25, -0.2) is 4.79 Å². The molecule has 0 saturated carbocycles. The van der Waals surface area contributed by atoms with E-state index in [1.807, 2.05) is 19.9 Å². The fourth-order valence-electron chi connectivity index (χ4n) is 2.55. The molecule has 0 saturated heterocycles. The molecule has 1 aromatic rings. The minimum atomic E-state index is -0.353. The molecule has 0 unspecified atom stereocenters. The second-order valence-corrected chi connectivity index (χ2v) is 6.02. The molecule has 1 aromatic carbocycles. The number of allylic oxidation sites excluding steroid dienone is 1. The molecule has 0 fully saturated rings. The van der Waals surface area contributed by atoms with E-state index >= 15 is 0 Å². The normalized spacial score (nSPS) is 10.2. The molecule has 1 rings (SSSR count). The topological polar surface area (TPSA) is 64.6 Å².